The Balaban J connectivity index is 1.31. The lowest BCUT2D eigenvalue weighted by Crippen LogP contribution is -2.51. The van der Waals surface area contributed by atoms with E-state index < -0.39 is 29.3 Å². The first-order valence-corrected chi connectivity index (χ1v) is 12.9. The summed E-state index contributed by atoms with van der Waals surface area (Å²) in [5.41, 5.74) is 0.433. The Kier molecular flexibility index (Phi) is 8.14. The fourth-order valence-corrected chi connectivity index (χ4v) is 5.08. The molecule has 0 radical (unpaired) electrons. The third-order valence-corrected chi connectivity index (χ3v) is 7.55. The van der Waals surface area contributed by atoms with Crippen LogP contribution in [-0.4, -0.2) is 58.8 Å². The van der Waals surface area contributed by atoms with Crippen molar-refractivity contribution < 1.29 is 23.5 Å². The summed E-state index contributed by atoms with van der Waals surface area (Å²) in [6, 6.07) is 1.28. The van der Waals surface area contributed by atoms with Gasteiger partial charge in [-0.3, -0.25) is 9.59 Å². The van der Waals surface area contributed by atoms with Crippen LogP contribution in [0.3, 0.4) is 0 Å². The van der Waals surface area contributed by atoms with Gasteiger partial charge in [0.15, 0.2) is 0 Å². The van der Waals surface area contributed by atoms with Gasteiger partial charge in [-0.2, -0.15) is 0 Å². The minimum Gasteiger partial charge on any atom is -0.388 e. The van der Waals surface area contributed by atoms with Gasteiger partial charge in [0.25, 0.3) is 0 Å². The van der Waals surface area contributed by atoms with Gasteiger partial charge < -0.3 is 31.3 Å². The quantitative estimate of drug-likeness (QED) is 0.332. The van der Waals surface area contributed by atoms with E-state index >= 15 is 0 Å². The number of rotatable bonds is 10. The highest BCUT2D eigenvalue weighted by molar-refractivity contribution is 5.83. The van der Waals surface area contributed by atoms with Crippen LogP contribution >= 0.6 is 0 Å². The van der Waals surface area contributed by atoms with E-state index in [0.29, 0.717) is 62.1 Å². The summed E-state index contributed by atoms with van der Waals surface area (Å²) in [6.45, 7) is 4.39. The topological polar surface area (TPSA) is 106 Å². The number of benzene rings is 1. The van der Waals surface area contributed by atoms with Crippen LogP contribution in [0.1, 0.15) is 63.5 Å². The third-order valence-electron chi connectivity index (χ3n) is 7.55. The van der Waals surface area contributed by atoms with E-state index in [0.717, 1.165) is 18.9 Å². The van der Waals surface area contributed by atoms with Gasteiger partial charge in [-0.15, -0.1) is 0 Å². The molecule has 198 valence electrons. The third kappa shape index (κ3) is 6.15. The van der Waals surface area contributed by atoms with Crippen LogP contribution in [0.4, 0.5) is 8.78 Å². The molecule has 0 aromatic heterocycles. The highest BCUT2D eigenvalue weighted by atomic mass is 19.1. The summed E-state index contributed by atoms with van der Waals surface area (Å²) < 4.78 is 27.8. The second kappa shape index (κ2) is 11.1. The number of aliphatic hydroxyl groups is 1. The summed E-state index contributed by atoms with van der Waals surface area (Å²) >= 11 is 0. The van der Waals surface area contributed by atoms with E-state index in [-0.39, 0.29) is 24.4 Å². The molecule has 8 nitrogen and oxygen atoms in total. The van der Waals surface area contributed by atoms with Crippen LogP contribution in [-0.2, 0) is 22.4 Å². The van der Waals surface area contributed by atoms with Gasteiger partial charge in [-0.05, 0) is 69.1 Å². The van der Waals surface area contributed by atoms with E-state index in [9.17, 15) is 23.5 Å². The highest BCUT2D eigenvalue weighted by Gasteiger charge is 2.35. The summed E-state index contributed by atoms with van der Waals surface area (Å²) in [5, 5.41) is 22.4. The van der Waals surface area contributed by atoms with Gasteiger partial charge in [0.2, 0.25) is 11.8 Å². The fraction of sp³-hybridized carbons (Fsp3) is 0.615. The van der Waals surface area contributed by atoms with Crippen molar-refractivity contribution in [2.45, 2.75) is 88.9 Å². The van der Waals surface area contributed by atoms with Gasteiger partial charge in [0.1, 0.15) is 23.5 Å². The Bertz CT molecular complexity index is 1010. The van der Waals surface area contributed by atoms with Crippen molar-refractivity contribution in [3.8, 4) is 0 Å². The normalized spacial score (nSPS) is 22.0. The van der Waals surface area contributed by atoms with Crippen LogP contribution < -0.4 is 21.3 Å². The molecule has 5 N–H and O–H groups in total. The second-order valence-electron chi connectivity index (χ2n) is 10.3. The molecule has 1 aromatic carbocycles. The zero-order valence-corrected chi connectivity index (χ0v) is 21.0. The molecule has 1 aromatic rings. The minimum absolute atomic E-state index is 0.0871. The average molecular weight is 506 g/mol. The maximum absolute atomic E-state index is 14.3. The molecule has 0 saturated heterocycles. The molecule has 10 heteroatoms. The fourth-order valence-electron chi connectivity index (χ4n) is 5.08. The molecular formula is C26H37F2N5O3. The Morgan fingerprint density at radius 2 is 2.06 bits per heavy atom. The molecule has 1 unspecified atom stereocenters. The Morgan fingerprint density at radius 1 is 1.28 bits per heavy atom. The van der Waals surface area contributed by atoms with E-state index in [1.807, 2.05) is 6.92 Å². The molecule has 1 fully saturated rings. The minimum atomic E-state index is -0.780. The van der Waals surface area contributed by atoms with Gasteiger partial charge in [0.05, 0.1) is 18.3 Å². The predicted molar refractivity (Wildman–Crippen MR) is 131 cm³/mol. The Hall–Kier alpha value is -2.72. The zero-order chi connectivity index (χ0) is 25.9. The molecule has 36 heavy (non-hydrogen) atoms. The van der Waals surface area contributed by atoms with Crippen molar-refractivity contribution in [1.82, 2.24) is 26.2 Å². The number of hydrogen-bond acceptors (Lipinski definition) is 6. The lowest BCUT2D eigenvalue weighted by atomic mass is 9.80. The highest BCUT2D eigenvalue weighted by Crippen LogP contribution is 2.30. The molecule has 0 bridgehead atoms. The molecule has 0 spiro atoms. The number of halogens is 2. The van der Waals surface area contributed by atoms with E-state index in [1.165, 1.54) is 6.07 Å². The van der Waals surface area contributed by atoms with Crippen LogP contribution in [0.5, 0.6) is 0 Å². The molecular weight excluding hydrogens is 468 g/mol. The van der Waals surface area contributed by atoms with Gasteiger partial charge in [0, 0.05) is 24.9 Å². The molecule has 2 amide bonds. The van der Waals surface area contributed by atoms with Gasteiger partial charge in [-0.25, -0.2) is 8.78 Å². The lowest BCUT2D eigenvalue weighted by Gasteiger charge is -2.37. The van der Waals surface area contributed by atoms with Crippen molar-refractivity contribution in [3.05, 3.63) is 46.9 Å². The number of hydrogen-bond donors (Lipinski definition) is 5. The van der Waals surface area contributed by atoms with E-state index in [4.69, 9.17) is 0 Å². The van der Waals surface area contributed by atoms with Crippen molar-refractivity contribution in [2.24, 2.45) is 0 Å². The molecule has 1 heterocycles. The monoisotopic (exact) mass is 505 g/mol. The smallest absolute Gasteiger partial charge is 0.242 e. The summed E-state index contributed by atoms with van der Waals surface area (Å²) in [6.07, 6.45) is 7.16. The van der Waals surface area contributed by atoms with E-state index in [2.05, 4.69) is 21.3 Å². The van der Waals surface area contributed by atoms with Crippen LogP contribution in [0.15, 0.2) is 24.2 Å². The summed E-state index contributed by atoms with van der Waals surface area (Å²) in [7, 11) is 0. The predicted octanol–water partition coefficient (Wildman–Crippen LogP) is 1.78. The number of fused-ring (bicyclic) bond motifs is 1. The SMILES string of the molecule is CCC[C@H](N[C@H]1CCc2cc(F)cc(F)c2C1)C(=O)NC1=CN(C(C)C(=O)NCC2(O)CCC2)CN1. The number of amides is 2. The number of nitrogens with zero attached hydrogens (tertiary/aromatic N) is 1. The average Bonchev–Trinajstić information content (AvgIpc) is 3.29. The van der Waals surface area contributed by atoms with Crippen LogP contribution in [0, 0.1) is 11.6 Å². The number of aryl methyl sites for hydroxylation is 1. The molecule has 2 aliphatic carbocycles. The Morgan fingerprint density at radius 3 is 2.75 bits per heavy atom. The first-order valence-electron chi connectivity index (χ1n) is 12.9. The van der Waals surface area contributed by atoms with Gasteiger partial charge >= 0.3 is 0 Å². The second-order valence-corrected chi connectivity index (χ2v) is 10.3. The number of carbonyl (C=O) groups is 2. The van der Waals surface area contributed by atoms with Crippen LogP contribution in [0.2, 0.25) is 0 Å². The van der Waals surface area contributed by atoms with Crippen LogP contribution in [0.25, 0.3) is 0 Å². The van der Waals surface area contributed by atoms with Crippen molar-refractivity contribution in [3.63, 3.8) is 0 Å². The molecule has 4 rings (SSSR count). The van der Waals surface area contributed by atoms with Crippen molar-refractivity contribution in [2.75, 3.05) is 13.2 Å². The molecule has 1 saturated carbocycles. The first-order chi connectivity index (χ1) is 17.2. The first kappa shape index (κ1) is 26.3. The molecule has 1 aliphatic heterocycles. The maximum Gasteiger partial charge on any atom is 0.242 e. The molecule has 3 atom stereocenters. The number of nitrogens with one attached hydrogen (secondary N) is 4. The van der Waals surface area contributed by atoms with E-state index in [1.54, 1.807) is 18.0 Å². The van der Waals surface area contributed by atoms with Crippen molar-refractivity contribution in [1.29, 1.82) is 0 Å². The van der Waals surface area contributed by atoms with Crippen molar-refractivity contribution >= 4 is 11.8 Å². The summed E-state index contributed by atoms with van der Waals surface area (Å²) in [4.78, 5) is 27.4. The maximum atomic E-state index is 14.3. The lowest BCUT2D eigenvalue weighted by molar-refractivity contribution is -0.127. The molecule has 3 aliphatic rings. The Labute approximate surface area is 210 Å². The summed E-state index contributed by atoms with van der Waals surface area (Å²) in [5.74, 6) is -0.970. The van der Waals surface area contributed by atoms with Gasteiger partial charge in [-0.1, -0.05) is 13.3 Å². The zero-order valence-electron chi connectivity index (χ0n) is 21.0. The largest absolute Gasteiger partial charge is 0.388 e. The number of carbonyl (C=O) groups excluding carboxylic acids is 2. The standard InChI is InChI=1S/C26H37F2N5O3/c1-3-5-22(31-19-7-6-17-10-18(27)11-21(28)20(17)12-19)25(35)32-23-13-33(15-30-23)16(2)24(34)29-14-26(36)8-4-9-26/h10-11,13,16,19,22,30-31,36H,3-9,12,14-15H2,1-2H3,(H,29,34)(H,32,35)/t16?,19-,22-/m0/s1.